The van der Waals surface area contributed by atoms with Crippen molar-refractivity contribution in [2.24, 2.45) is 0 Å². The van der Waals surface area contributed by atoms with Gasteiger partial charge in [0.1, 0.15) is 0 Å². The quantitative estimate of drug-likeness (QED) is 0.884. The Morgan fingerprint density at radius 1 is 1.11 bits per heavy atom. The number of hydrogen-bond donors (Lipinski definition) is 2. The van der Waals surface area contributed by atoms with Gasteiger partial charge in [-0.1, -0.05) is 6.07 Å². The highest BCUT2D eigenvalue weighted by Crippen LogP contribution is 2.35. The topological polar surface area (TPSA) is 77.3 Å². The average molecular weight is 260 g/mol. The van der Waals surface area contributed by atoms with Crippen molar-refractivity contribution in [1.29, 1.82) is 0 Å². The fraction of sp³-hybridized carbons (Fsp3) is 0.214. The minimum atomic E-state index is -0.209. The summed E-state index contributed by atoms with van der Waals surface area (Å²) in [5, 5.41) is 0. The van der Waals surface area contributed by atoms with E-state index in [4.69, 9.17) is 15.2 Å². The van der Waals surface area contributed by atoms with Crippen molar-refractivity contribution >= 4 is 5.69 Å². The average Bonchev–Trinajstić information content (AvgIpc) is 2.37. The van der Waals surface area contributed by atoms with E-state index in [2.05, 4.69) is 4.98 Å². The third-order valence-corrected chi connectivity index (χ3v) is 2.93. The first-order chi connectivity index (χ1) is 9.06. The van der Waals surface area contributed by atoms with Gasteiger partial charge in [-0.05, 0) is 24.6 Å². The fourth-order valence-corrected chi connectivity index (χ4v) is 2.09. The monoisotopic (exact) mass is 260 g/mol. The summed E-state index contributed by atoms with van der Waals surface area (Å²) in [7, 11) is 3.15. The number of aryl methyl sites for hydroxylation is 1. The van der Waals surface area contributed by atoms with Gasteiger partial charge in [0.15, 0.2) is 11.5 Å². The largest absolute Gasteiger partial charge is 0.493 e. The Hall–Kier alpha value is -2.43. The summed E-state index contributed by atoms with van der Waals surface area (Å²) in [4.78, 5) is 14.1. The maximum absolute atomic E-state index is 11.3. The second-order valence-corrected chi connectivity index (χ2v) is 4.16. The molecule has 0 saturated heterocycles. The number of ether oxygens (including phenoxy) is 2. The Balaban J connectivity index is 2.63. The van der Waals surface area contributed by atoms with Gasteiger partial charge in [-0.25, -0.2) is 0 Å². The number of hydrogen-bond acceptors (Lipinski definition) is 4. The number of rotatable bonds is 3. The normalized spacial score (nSPS) is 10.3. The van der Waals surface area contributed by atoms with E-state index in [1.807, 2.05) is 19.1 Å². The summed E-state index contributed by atoms with van der Waals surface area (Å²) in [5.74, 6) is 1.26. The minimum Gasteiger partial charge on any atom is -0.493 e. The molecule has 0 aliphatic heterocycles. The summed E-state index contributed by atoms with van der Waals surface area (Å²) in [6, 6.07) is 6.88. The van der Waals surface area contributed by atoms with Gasteiger partial charge in [0, 0.05) is 23.0 Å². The molecule has 0 fully saturated rings. The van der Waals surface area contributed by atoms with Crippen LogP contribution in [0.2, 0.25) is 0 Å². The van der Waals surface area contributed by atoms with Crippen LogP contribution in [0.15, 0.2) is 29.1 Å². The van der Waals surface area contributed by atoms with Gasteiger partial charge in [0.05, 0.1) is 14.2 Å². The Morgan fingerprint density at radius 2 is 1.79 bits per heavy atom. The van der Waals surface area contributed by atoms with Gasteiger partial charge in [0.2, 0.25) is 5.56 Å². The molecule has 5 nitrogen and oxygen atoms in total. The molecule has 1 aromatic carbocycles. The molecule has 2 rings (SSSR count). The van der Waals surface area contributed by atoms with Crippen molar-refractivity contribution in [1.82, 2.24) is 4.98 Å². The molecule has 0 unspecified atom stereocenters. The molecule has 0 radical (unpaired) electrons. The zero-order valence-electron chi connectivity index (χ0n) is 11.1. The second kappa shape index (κ2) is 5.06. The van der Waals surface area contributed by atoms with E-state index in [0.29, 0.717) is 17.2 Å². The Bertz CT molecular complexity index is 636. The number of benzene rings is 1. The van der Waals surface area contributed by atoms with Crippen LogP contribution in [0.5, 0.6) is 11.5 Å². The molecule has 5 heteroatoms. The molecule has 0 aliphatic rings. The maximum atomic E-state index is 11.3. The predicted octanol–water partition coefficient (Wildman–Crippen LogP) is 1.95. The van der Waals surface area contributed by atoms with Crippen molar-refractivity contribution in [3.63, 3.8) is 0 Å². The zero-order chi connectivity index (χ0) is 14.0. The first-order valence-electron chi connectivity index (χ1n) is 5.78. The van der Waals surface area contributed by atoms with Gasteiger partial charge in [-0.3, -0.25) is 4.79 Å². The molecule has 0 atom stereocenters. The van der Waals surface area contributed by atoms with E-state index >= 15 is 0 Å². The van der Waals surface area contributed by atoms with E-state index in [1.165, 1.54) is 6.07 Å². The van der Waals surface area contributed by atoms with E-state index < -0.39 is 0 Å². The number of pyridine rings is 1. The summed E-state index contributed by atoms with van der Waals surface area (Å²) in [6.07, 6.45) is 0. The number of aromatic nitrogens is 1. The zero-order valence-corrected chi connectivity index (χ0v) is 11.1. The number of methoxy groups -OCH3 is 2. The van der Waals surface area contributed by atoms with E-state index in [9.17, 15) is 4.79 Å². The van der Waals surface area contributed by atoms with Crippen molar-refractivity contribution in [3.05, 3.63) is 40.3 Å². The standard InChI is InChI=1S/C14H16N2O3/c1-8-14(10(15)7-13(17)16-8)9-4-5-11(18-2)12(6-9)19-3/h4-7H,1-3H3,(H3,15,16,17). The van der Waals surface area contributed by atoms with Crippen molar-refractivity contribution in [3.8, 4) is 22.6 Å². The van der Waals surface area contributed by atoms with Gasteiger partial charge < -0.3 is 20.2 Å². The van der Waals surface area contributed by atoms with Crippen LogP contribution in [0, 0.1) is 6.92 Å². The van der Waals surface area contributed by atoms with Crippen LogP contribution in [0.3, 0.4) is 0 Å². The predicted molar refractivity (Wildman–Crippen MR) is 74.8 cm³/mol. The fourth-order valence-electron chi connectivity index (χ4n) is 2.09. The van der Waals surface area contributed by atoms with E-state index in [-0.39, 0.29) is 5.56 Å². The van der Waals surface area contributed by atoms with Crippen LogP contribution in [0.1, 0.15) is 5.69 Å². The van der Waals surface area contributed by atoms with Crippen LogP contribution in [0.25, 0.3) is 11.1 Å². The Morgan fingerprint density at radius 3 is 2.37 bits per heavy atom. The molecule has 0 aliphatic carbocycles. The number of nitrogens with two attached hydrogens (primary N) is 1. The third-order valence-electron chi connectivity index (χ3n) is 2.93. The number of H-pyrrole nitrogens is 1. The highest BCUT2D eigenvalue weighted by atomic mass is 16.5. The first kappa shape index (κ1) is 13.0. The van der Waals surface area contributed by atoms with Gasteiger partial charge in [-0.2, -0.15) is 0 Å². The molecule has 0 amide bonds. The molecule has 19 heavy (non-hydrogen) atoms. The second-order valence-electron chi connectivity index (χ2n) is 4.16. The highest BCUT2D eigenvalue weighted by molar-refractivity contribution is 5.79. The molecule has 3 N–H and O–H groups in total. The van der Waals surface area contributed by atoms with E-state index in [1.54, 1.807) is 20.3 Å². The van der Waals surface area contributed by atoms with Crippen molar-refractivity contribution in [2.75, 3.05) is 20.0 Å². The van der Waals surface area contributed by atoms with Gasteiger partial charge >= 0.3 is 0 Å². The maximum Gasteiger partial charge on any atom is 0.250 e. The Kier molecular flexibility index (Phi) is 3.46. The van der Waals surface area contributed by atoms with Crippen LogP contribution in [0.4, 0.5) is 5.69 Å². The number of anilines is 1. The number of aromatic amines is 1. The molecular formula is C14H16N2O3. The summed E-state index contributed by atoms with van der Waals surface area (Å²) in [5.41, 5.74) is 8.53. The van der Waals surface area contributed by atoms with Crippen molar-refractivity contribution in [2.45, 2.75) is 6.92 Å². The molecular weight excluding hydrogens is 244 g/mol. The smallest absolute Gasteiger partial charge is 0.250 e. The van der Waals surface area contributed by atoms with Crippen LogP contribution in [-0.2, 0) is 0 Å². The Labute approximate surface area is 111 Å². The lowest BCUT2D eigenvalue weighted by atomic mass is 10.0. The number of nitrogens with one attached hydrogen (secondary N) is 1. The van der Waals surface area contributed by atoms with E-state index in [0.717, 1.165) is 16.8 Å². The third kappa shape index (κ3) is 2.40. The van der Waals surface area contributed by atoms with Crippen molar-refractivity contribution < 1.29 is 9.47 Å². The minimum absolute atomic E-state index is 0.209. The molecule has 100 valence electrons. The summed E-state index contributed by atoms with van der Waals surface area (Å²) in [6.45, 7) is 1.81. The molecule has 2 aromatic rings. The lowest BCUT2D eigenvalue weighted by molar-refractivity contribution is 0.355. The molecule has 1 aromatic heterocycles. The van der Waals surface area contributed by atoms with Crippen LogP contribution in [-0.4, -0.2) is 19.2 Å². The molecule has 1 heterocycles. The molecule has 0 saturated carbocycles. The van der Waals surface area contributed by atoms with Crippen LogP contribution >= 0.6 is 0 Å². The number of nitrogen functional groups attached to an aromatic ring is 1. The van der Waals surface area contributed by atoms with Gasteiger partial charge in [0.25, 0.3) is 0 Å². The first-order valence-corrected chi connectivity index (χ1v) is 5.78. The van der Waals surface area contributed by atoms with Crippen LogP contribution < -0.4 is 20.8 Å². The SMILES string of the molecule is COc1ccc(-c2c(N)cc(=O)[nH]c2C)cc1OC. The molecule has 0 spiro atoms. The summed E-state index contributed by atoms with van der Waals surface area (Å²) < 4.78 is 10.5. The molecule has 0 bridgehead atoms. The lowest BCUT2D eigenvalue weighted by Gasteiger charge is -2.12. The lowest BCUT2D eigenvalue weighted by Crippen LogP contribution is -2.09. The highest BCUT2D eigenvalue weighted by Gasteiger charge is 2.11. The summed E-state index contributed by atoms with van der Waals surface area (Å²) >= 11 is 0. The van der Waals surface area contributed by atoms with Gasteiger partial charge in [-0.15, -0.1) is 0 Å².